The summed E-state index contributed by atoms with van der Waals surface area (Å²) in [5.74, 6) is 0.0697. The van der Waals surface area contributed by atoms with Crippen molar-refractivity contribution in [2.75, 3.05) is 55.3 Å². The zero-order valence-electron chi connectivity index (χ0n) is 17.7. The van der Waals surface area contributed by atoms with Crippen molar-refractivity contribution in [2.24, 2.45) is 0 Å². The molecule has 0 saturated carbocycles. The molecule has 1 saturated heterocycles. The molecule has 1 aliphatic heterocycles. The minimum absolute atomic E-state index is 0.269. The van der Waals surface area contributed by atoms with Crippen molar-refractivity contribution >= 4 is 27.3 Å². The fourth-order valence-electron chi connectivity index (χ4n) is 3.48. The van der Waals surface area contributed by atoms with E-state index >= 15 is 0 Å². The third kappa shape index (κ3) is 5.64. The molecule has 32 heavy (non-hydrogen) atoms. The van der Waals surface area contributed by atoms with Gasteiger partial charge in [-0.1, -0.05) is 12.1 Å². The Morgan fingerprint density at radius 3 is 2.31 bits per heavy atom. The number of halogens is 3. The van der Waals surface area contributed by atoms with Gasteiger partial charge in [0.25, 0.3) is 0 Å². The van der Waals surface area contributed by atoms with Crippen molar-refractivity contribution in [2.45, 2.75) is 6.18 Å². The van der Waals surface area contributed by atoms with E-state index < -0.39 is 21.8 Å². The lowest BCUT2D eigenvalue weighted by Gasteiger charge is -2.37. The minimum Gasteiger partial charge on any atom is -0.497 e. The molecular weight excluding hydrogens is 447 g/mol. The van der Waals surface area contributed by atoms with Crippen molar-refractivity contribution in [1.29, 1.82) is 0 Å². The number of benzene rings is 2. The maximum atomic E-state index is 13.0. The van der Waals surface area contributed by atoms with Gasteiger partial charge >= 0.3 is 6.18 Å². The third-order valence-corrected chi connectivity index (χ3v) is 6.33. The van der Waals surface area contributed by atoms with Crippen molar-refractivity contribution < 1.29 is 31.1 Å². The second kappa shape index (κ2) is 9.27. The molecule has 2 aromatic carbocycles. The molecule has 1 heterocycles. The van der Waals surface area contributed by atoms with E-state index in [0.29, 0.717) is 30.2 Å². The average molecular weight is 472 g/mol. The quantitative estimate of drug-likeness (QED) is 0.648. The summed E-state index contributed by atoms with van der Waals surface area (Å²) in [5.41, 5.74) is 0.0134. The summed E-state index contributed by atoms with van der Waals surface area (Å²) < 4.78 is 69.7. The number of piperazine rings is 1. The van der Waals surface area contributed by atoms with E-state index in [1.165, 1.54) is 24.1 Å². The van der Waals surface area contributed by atoms with Crippen molar-refractivity contribution in [1.82, 2.24) is 4.90 Å². The molecule has 7 nitrogen and oxygen atoms in total. The van der Waals surface area contributed by atoms with Crippen LogP contribution in [0.5, 0.6) is 5.75 Å². The van der Waals surface area contributed by atoms with Gasteiger partial charge in [0.1, 0.15) is 12.3 Å². The molecule has 174 valence electrons. The lowest BCUT2D eigenvalue weighted by atomic mass is 10.1. The van der Waals surface area contributed by atoms with Crippen LogP contribution in [0.1, 0.15) is 5.56 Å². The fourth-order valence-corrected chi connectivity index (χ4v) is 4.32. The Morgan fingerprint density at radius 1 is 1.06 bits per heavy atom. The first-order chi connectivity index (χ1) is 15.0. The minimum atomic E-state index is -4.43. The number of anilines is 2. The molecule has 1 aliphatic rings. The molecule has 1 amide bonds. The predicted molar refractivity (Wildman–Crippen MR) is 115 cm³/mol. The molecule has 2 aromatic rings. The lowest BCUT2D eigenvalue weighted by Crippen LogP contribution is -2.52. The summed E-state index contributed by atoms with van der Waals surface area (Å²) in [5, 5.41) is 0. The number of hydrogen-bond donors (Lipinski definition) is 0. The van der Waals surface area contributed by atoms with Gasteiger partial charge in [-0.15, -0.1) is 0 Å². The number of nitrogens with zero attached hydrogens (tertiary/aromatic N) is 3. The van der Waals surface area contributed by atoms with E-state index in [2.05, 4.69) is 0 Å². The molecule has 1 fully saturated rings. The zero-order chi connectivity index (χ0) is 23.5. The van der Waals surface area contributed by atoms with Crippen LogP contribution in [0.15, 0.2) is 48.5 Å². The van der Waals surface area contributed by atoms with Crippen molar-refractivity contribution in [3.63, 3.8) is 0 Å². The normalized spacial score (nSPS) is 14.9. The van der Waals surface area contributed by atoms with Gasteiger partial charge in [0.15, 0.2) is 0 Å². The van der Waals surface area contributed by atoms with Crippen LogP contribution in [0.2, 0.25) is 0 Å². The highest BCUT2D eigenvalue weighted by Gasteiger charge is 2.31. The monoisotopic (exact) mass is 471 g/mol. The Morgan fingerprint density at radius 2 is 1.72 bits per heavy atom. The molecule has 0 aliphatic carbocycles. The number of rotatable bonds is 6. The Hall–Kier alpha value is -2.95. The van der Waals surface area contributed by atoms with Gasteiger partial charge in [0.2, 0.25) is 15.9 Å². The number of carbonyl (C=O) groups is 1. The molecular formula is C21H24F3N3O4S. The van der Waals surface area contributed by atoms with E-state index in [1.807, 2.05) is 0 Å². The number of amides is 1. The summed E-state index contributed by atoms with van der Waals surface area (Å²) >= 11 is 0. The highest BCUT2D eigenvalue weighted by molar-refractivity contribution is 7.92. The Bertz CT molecular complexity index is 1070. The summed E-state index contributed by atoms with van der Waals surface area (Å²) in [7, 11) is -2.28. The second-order valence-electron chi connectivity index (χ2n) is 7.39. The Kier molecular flexibility index (Phi) is 6.87. The molecule has 0 bridgehead atoms. The van der Waals surface area contributed by atoms with Crippen LogP contribution < -0.4 is 13.9 Å². The van der Waals surface area contributed by atoms with Crippen molar-refractivity contribution in [3.8, 4) is 5.75 Å². The number of sulfonamides is 1. The highest BCUT2D eigenvalue weighted by atomic mass is 32.2. The molecule has 0 N–H and O–H groups in total. The number of ether oxygens (including phenoxy) is 1. The average Bonchev–Trinajstić information content (AvgIpc) is 2.76. The third-order valence-electron chi connectivity index (χ3n) is 5.19. The van der Waals surface area contributed by atoms with Crippen LogP contribution in [0.3, 0.4) is 0 Å². The Balaban J connectivity index is 1.68. The van der Waals surface area contributed by atoms with Gasteiger partial charge in [0.05, 0.1) is 24.6 Å². The van der Waals surface area contributed by atoms with Crippen LogP contribution in [0.4, 0.5) is 24.5 Å². The standard InChI is InChI=1S/C21H24F3N3O4S/c1-31-19-8-4-7-18(14-19)27(32(2,29)30)15-20(28)26-11-9-25(10-12-26)17-6-3-5-16(13-17)21(22,23)24/h3-8,13-14H,9-12,15H2,1-2H3. The first-order valence-corrected chi connectivity index (χ1v) is 11.7. The highest BCUT2D eigenvalue weighted by Crippen LogP contribution is 2.32. The van der Waals surface area contributed by atoms with E-state index in [4.69, 9.17) is 4.74 Å². The van der Waals surface area contributed by atoms with Crippen LogP contribution in [-0.2, 0) is 21.0 Å². The Labute approximate surface area is 185 Å². The molecule has 0 unspecified atom stereocenters. The predicted octanol–water partition coefficient (Wildman–Crippen LogP) is 2.83. The molecule has 11 heteroatoms. The smallest absolute Gasteiger partial charge is 0.416 e. The van der Waals surface area contributed by atoms with Gasteiger partial charge in [-0.3, -0.25) is 9.10 Å². The molecule has 0 atom stereocenters. The van der Waals surface area contributed by atoms with Gasteiger partial charge in [0, 0.05) is 37.9 Å². The number of methoxy groups -OCH3 is 1. The summed E-state index contributed by atoms with van der Waals surface area (Å²) in [6, 6.07) is 11.5. The van der Waals surface area contributed by atoms with Crippen LogP contribution >= 0.6 is 0 Å². The SMILES string of the molecule is COc1cccc(N(CC(=O)N2CCN(c3cccc(C(F)(F)F)c3)CC2)S(C)(=O)=O)c1. The lowest BCUT2D eigenvalue weighted by molar-refractivity contribution is -0.137. The zero-order valence-corrected chi connectivity index (χ0v) is 18.5. The van der Waals surface area contributed by atoms with E-state index in [1.54, 1.807) is 29.2 Å². The van der Waals surface area contributed by atoms with Gasteiger partial charge < -0.3 is 14.5 Å². The summed E-state index contributed by atoms with van der Waals surface area (Å²) in [6.45, 7) is 0.835. The molecule has 0 spiro atoms. The van der Waals surface area contributed by atoms with Gasteiger partial charge in [-0.25, -0.2) is 8.42 Å². The van der Waals surface area contributed by atoms with Crippen LogP contribution in [-0.4, -0.2) is 65.3 Å². The number of alkyl halides is 3. The fraction of sp³-hybridized carbons (Fsp3) is 0.381. The summed E-state index contributed by atoms with van der Waals surface area (Å²) in [4.78, 5) is 16.1. The largest absolute Gasteiger partial charge is 0.497 e. The molecule has 0 aromatic heterocycles. The molecule has 0 radical (unpaired) electrons. The molecule has 3 rings (SSSR count). The van der Waals surface area contributed by atoms with E-state index in [9.17, 15) is 26.4 Å². The summed E-state index contributed by atoms with van der Waals surface area (Å²) in [6.07, 6.45) is -3.41. The first kappa shape index (κ1) is 23.7. The topological polar surface area (TPSA) is 70.2 Å². The van der Waals surface area contributed by atoms with Gasteiger partial charge in [-0.2, -0.15) is 13.2 Å². The number of carbonyl (C=O) groups excluding carboxylic acids is 1. The van der Waals surface area contributed by atoms with Crippen LogP contribution in [0.25, 0.3) is 0 Å². The first-order valence-electron chi connectivity index (χ1n) is 9.81. The van der Waals surface area contributed by atoms with Crippen molar-refractivity contribution in [3.05, 3.63) is 54.1 Å². The van der Waals surface area contributed by atoms with Gasteiger partial charge in [-0.05, 0) is 30.3 Å². The van der Waals surface area contributed by atoms with E-state index in [-0.39, 0.29) is 25.5 Å². The second-order valence-corrected chi connectivity index (χ2v) is 9.29. The van der Waals surface area contributed by atoms with Crippen LogP contribution in [0, 0.1) is 0 Å². The maximum Gasteiger partial charge on any atom is 0.416 e. The maximum absolute atomic E-state index is 13.0. The number of hydrogen-bond acceptors (Lipinski definition) is 5. The van der Waals surface area contributed by atoms with E-state index in [0.717, 1.165) is 22.7 Å².